The molecule has 0 saturated heterocycles. The SMILES string of the molecule is F[B-](F)(F)F.[CH2-][C@@H](C)c1ccccn1.[CH2-]c1ccc2ccccc2c1-c1c([PH+](c2ccccc2)c2ccccc2)ccc2ccccc12.[Cl][Ru+3]. The van der Waals surface area contributed by atoms with Crippen LogP contribution >= 0.6 is 17.6 Å². The molecule has 7 aromatic rings. The van der Waals surface area contributed by atoms with Gasteiger partial charge < -0.3 is 24.2 Å². The first-order chi connectivity index (χ1) is 24.1. The van der Waals surface area contributed by atoms with Gasteiger partial charge in [-0.15, -0.1) is 17.5 Å². The van der Waals surface area contributed by atoms with Gasteiger partial charge in [0.1, 0.15) is 10.6 Å². The second kappa shape index (κ2) is 18.8. The zero-order valence-electron chi connectivity index (χ0n) is 27.3. The molecule has 0 bridgehead atoms. The topological polar surface area (TPSA) is 12.9 Å². The van der Waals surface area contributed by atoms with Crippen LogP contribution in [0.1, 0.15) is 24.1 Å². The summed E-state index contributed by atoms with van der Waals surface area (Å²) < 4.78 is 39.0. The average molecular weight is 796 g/mol. The Labute approximate surface area is 307 Å². The van der Waals surface area contributed by atoms with Gasteiger partial charge in [-0.1, -0.05) is 109 Å². The van der Waals surface area contributed by atoms with E-state index in [1.54, 1.807) is 6.20 Å². The number of nitrogens with zero attached hydrogens (tertiary/aromatic N) is 1. The first kappa shape index (κ1) is 38.8. The fourth-order valence-corrected chi connectivity index (χ4v) is 8.48. The van der Waals surface area contributed by atoms with Crippen molar-refractivity contribution in [3.63, 3.8) is 0 Å². The molecule has 1 nitrogen and oxygen atoms in total. The molecule has 0 unspecified atom stereocenters. The van der Waals surface area contributed by atoms with Crippen molar-refractivity contribution < 1.29 is 34.6 Å². The molecule has 0 aliphatic rings. The van der Waals surface area contributed by atoms with Crippen molar-refractivity contribution in [3.05, 3.63) is 183 Å². The molecule has 0 aliphatic carbocycles. The van der Waals surface area contributed by atoms with Crippen LogP contribution in [0.3, 0.4) is 0 Å². The van der Waals surface area contributed by atoms with E-state index in [0.717, 1.165) is 11.3 Å². The summed E-state index contributed by atoms with van der Waals surface area (Å²) in [6.07, 6.45) is 1.79. The van der Waals surface area contributed by atoms with Crippen LogP contribution in [-0.2, 0) is 17.3 Å². The Morgan fingerprint density at radius 2 is 1.04 bits per heavy atom. The molecule has 0 radical (unpaired) electrons. The Morgan fingerprint density at radius 3 is 1.50 bits per heavy atom. The Balaban J connectivity index is 0.000000293. The summed E-state index contributed by atoms with van der Waals surface area (Å²) in [6, 6.07) is 54.3. The van der Waals surface area contributed by atoms with Gasteiger partial charge in [0, 0.05) is 11.9 Å². The van der Waals surface area contributed by atoms with Crippen LogP contribution in [0.4, 0.5) is 17.3 Å². The molecule has 0 amide bonds. The summed E-state index contributed by atoms with van der Waals surface area (Å²) in [6.45, 7) is 10.4. The molecular formula is C41H35BClF4NPRu+. The molecular weight excluding hydrogens is 761 g/mol. The molecule has 50 heavy (non-hydrogen) atoms. The number of rotatable bonds is 5. The summed E-state index contributed by atoms with van der Waals surface area (Å²) in [5.74, 6) is 0.297. The van der Waals surface area contributed by atoms with Gasteiger partial charge in [-0.3, -0.25) is 4.98 Å². The second-order valence-electron chi connectivity index (χ2n) is 11.3. The van der Waals surface area contributed by atoms with Crippen molar-refractivity contribution in [2.75, 3.05) is 0 Å². The number of hydrogen-bond acceptors (Lipinski definition) is 1. The maximum absolute atomic E-state index is 9.75. The van der Waals surface area contributed by atoms with Crippen LogP contribution in [0.15, 0.2) is 158 Å². The number of halogens is 5. The minimum atomic E-state index is -6.00. The number of aromatic nitrogens is 1. The zero-order chi connectivity index (χ0) is 36.1. The van der Waals surface area contributed by atoms with Gasteiger partial charge in [-0.25, -0.2) is 0 Å². The standard InChI is InChI=1S/C33H24P.C8H10N.BF4.ClH.Ru/c1-24-20-21-25-12-8-10-18-29(25)32(24)33-30-19-11-9-13-26(30)22-23-31(33)34(27-14-4-2-5-15-27)28-16-6-3-7-17-28;1-7(2)8-5-3-4-6-9-8;2-1(3,4)5;;/h2-23H,1H2;3-7H,1H2,2H3;;1H;/q3*-1;;+4/t;7-;;;/m.0.../s1. The zero-order valence-corrected chi connectivity index (χ0v) is 30.8. The Bertz CT molecular complexity index is 2040. The first-order valence-electron chi connectivity index (χ1n) is 15.7. The molecule has 254 valence electrons. The molecule has 7 rings (SSSR count). The van der Waals surface area contributed by atoms with Crippen molar-refractivity contribution in [2.45, 2.75) is 12.8 Å². The van der Waals surface area contributed by atoms with Crippen LogP contribution in [0.2, 0.25) is 0 Å². The molecule has 1 aromatic heterocycles. The molecule has 0 aliphatic heterocycles. The van der Waals surface area contributed by atoms with Gasteiger partial charge in [-0.05, 0) is 64.2 Å². The quantitative estimate of drug-likeness (QED) is 0.0732. The predicted octanol–water partition coefficient (Wildman–Crippen LogP) is 11.3. The predicted molar refractivity (Wildman–Crippen MR) is 205 cm³/mol. The van der Waals surface area contributed by atoms with Crippen LogP contribution in [-0.4, -0.2) is 12.2 Å². The van der Waals surface area contributed by atoms with Crippen LogP contribution in [0.5, 0.6) is 0 Å². The van der Waals surface area contributed by atoms with E-state index in [1.807, 2.05) is 42.4 Å². The summed E-state index contributed by atoms with van der Waals surface area (Å²) in [7, 11) is -2.69. The van der Waals surface area contributed by atoms with Crippen molar-refractivity contribution in [3.8, 4) is 11.1 Å². The van der Waals surface area contributed by atoms with Crippen LogP contribution in [0, 0.1) is 13.8 Å². The third-order valence-electron chi connectivity index (χ3n) is 7.78. The van der Waals surface area contributed by atoms with E-state index in [0.29, 0.717) is 5.92 Å². The van der Waals surface area contributed by atoms with Crippen LogP contribution < -0.4 is 15.9 Å². The van der Waals surface area contributed by atoms with E-state index in [1.165, 1.54) is 48.6 Å². The number of pyridine rings is 1. The van der Waals surface area contributed by atoms with E-state index in [9.17, 15) is 17.3 Å². The molecule has 0 fully saturated rings. The fourth-order valence-electron chi connectivity index (χ4n) is 5.72. The minimum absolute atomic E-state index is 0.297. The fraction of sp³-hybridized carbons (Fsp3) is 0.0488. The second-order valence-corrected chi connectivity index (χ2v) is 13.7. The number of fused-ring (bicyclic) bond motifs is 2. The average Bonchev–Trinajstić information content (AvgIpc) is 3.14. The van der Waals surface area contributed by atoms with E-state index >= 15 is 0 Å². The van der Waals surface area contributed by atoms with Gasteiger partial charge in [0.05, 0.1) is 13.2 Å². The van der Waals surface area contributed by atoms with Gasteiger partial charge >= 0.3 is 34.3 Å². The van der Waals surface area contributed by atoms with E-state index in [4.69, 9.17) is 0 Å². The summed E-state index contributed by atoms with van der Waals surface area (Å²) in [5, 5.41) is 9.24. The molecule has 1 heterocycles. The first-order valence-corrected chi connectivity index (χ1v) is 19.4. The Hall–Kier alpha value is -4.01. The molecule has 0 saturated carbocycles. The monoisotopic (exact) mass is 796 g/mol. The Morgan fingerprint density at radius 1 is 0.600 bits per heavy atom. The van der Waals surface area contributed by atoms with E-state index in [2.05, 4.69) is 162 Å². The van der Waals surface area contributed by atoms with Gasteiger partial charge in [0.2, 0.25) is 0 Å². The van der Waals surface area contributed by atoms with E-state index < -0.39 is 15.2 Å². The third kappa shape index (κ3) is 10.5. The Kier molecular flexibility index (Phi) is 14.6. The molecule has 1 atom stereocenters. The summed E-state index contributed by atoms with van der Waals surface area (Å²) >= 11 is 1.82. The van der Waals surface area contributed by atoms with E-state index in [-0.39, 0.29) is 0 Å². The molecule has 0 spiro atoms. The van der Waals surface area contributed by atoms with Gasteiger partial charge in [-0.2, -0.15) is 18.6 Å². The van der Waals surface area contributed by atoms with Crippen molar-refractivity contribution >= 4 is 62.3 Å². The third-order valence-corrected chi connectivity index (χ3v) is 10.6. The molecule has 0 N–H and O–H groups in total. The maximum atomic E-state index is 9.75. The molecule has 6 aromatic carbocycles. The summed E-state index contributed by atoms with van der Waals surface area (Å²) in [5.41, 5.74) is 4.69. The van der Waals surface area contributed by atoms with Crippen LogP contribution in [0.25, 0.3) is 32.7 Å². The normalized spacial score (nSPS) is 11.4. The molecule has 9 heteroatoms. The van der Waals surface area contributed by atoms with Crippen molar-refractivity contribution in [1.82, 2.24) is 4.98 Å². The number of hydrogen-bond donors (Lipinski definition) is 0. The van der Waals surface area contributed by atoms with Crippen molar-refractivity contribution in [2.24, 2.45) is 0 Å². The number of benzene rings is 6. The van der Waals surface area contributed by atoms with Gasteiger partial charge in [0.15, 0.2) is 0 Å². The van der Waals surface area contributed by atoms with Crippen molar-refractivity contribution in [1.29, 1.82) is 0 Å². The van der Waals surface area contributed by atoms with Gasteiger partial charge in [0.25, 0.3) is 0 Å². The summed E-state index contributed by atoms with van der Waals surface area (Å²) in [4.78, 5) is 4.12.